The summed E-state index contributed by atoms with van der Waals surface area (Å²) in [5, 5.41) is 2.47. The van der Waals surface area contributed by atoms with Crippen molar-refractivity contribution in [3.8, 4) is 0 Å². The molecule has 20 heavy (non-hydrogen) atoms. The number of benzene rings is 1. The monoisotopic (exact) mass is 277 g/mol. The van der Waals surface area contributed by atoms with Crippen molar-refractivity contribution in [2.45, 2.75) is 26.0 Å². The second-order valence-corrected chi connectivity index (χ2v) is 4.44. The first-order valence-corrected chi connectivity index (χ1v) is 6.22. The Morgan fingerprint density at radius 2 is 1.95 bits per heavy atom. The van der Waals surface area contributed by atoms with Gasteiger partial charge in [0.15, 0.2) is 0 Å². The lowest BCUT2D eigenvalue weighted by molar-refractivity contribution is -0.143. The number of esters is 1. The molecular weight excluding hydrogens is 258 g/mol. The topological polar surface area (TPSA) is 64.6 Å². The molecule has 0 fully saturated rings. The van der Waals surface area contributed by atoms with Crippen LogP contribution in [-0.4, -0.2) is 25.2 Å². The first-order chi connectivity index (χ1) is 9.52. The summed E-state index contributed by atoms with van der Waals surface area (Å²) in [6.07, 6.45) is -0.349. The molecule has 0 heterocycles. The fourth-order valence-electron chi connectivity index (χ4n) is 1.59. The maximum absolute atomic E-state index is 11.7. The van der Waals surface area contributed by atoms with Crippen molar-refractivity contribution in [2.24, 2.45) is 0 Å². The van der Waals surface area contributed by atoms with Crippen molar-refractivity contribution in [2.75, 3.05) is 7.11 Å². The number of hydrogen-bond donors (Lipinski definition) is 1. The molecule has 5 nitrogen and oxygen atoms in total. The van der Waals surface area contributed by atoms with Gasteiger partial charge in [-0.15, -0.1) is 6.58 Å². The molecule has 0 aromatic heterocycles. The van der Waals surface area contributed by atoms with E-state index in [0.29, 0.717) is 6.42 Å². The largest absolute Gasteiger partial charge is 0.467 e. The third-order valence-corrected chi connectivity index (χ3v) is 2.54. The summed E-state index contributed by atoms with van der Waals surface area (Å²) >= 11 is 0. The molecule has 0 aliphatic rings. The zero-order valence-corrected chi connectivity index (χ0v) is 11.7. The smallest absolute Gasteiger partial charge is 0.408 e. The molecule has 0 bridgehead atoms. The summed E-state index contributed by atoms with van der Waals surface area (Å²) in [7, 11) is 1.27. The van der Waals surface area contributed by atoms with Crippen molar-refractivity contribution in [1.29, 1.82) is 0 Å². The molecule has 1 atom stereocenters. The first kappa shape index (κ1) is 15.8. The molecule has 0 radical (unpaired) electrons. The first-order valence-electron chi connectivity index (χ1n) is 6.22. The van der Waals surface area contributed by atoms with E-state index in [4.69, 9.17) is 4.74 Å². The van der Waals surface area contributed by atoms with Crippen LogP contribution in [0.15, 0.2) is 42.5 Å². The Balaban J connectivity index is 2.49. The lowest BCUT2D eigenvalue weighted by atomic mass is 10.1. The van der Waals surface area contributed by atoms with E-state index in [1.54, 1.807) is 6.92 Å². The van der Waals surface area contributed by atoms with Crippen molar-refractivity contribution in [1.82, 2.24) is 5.32 Å². The lowest BCUT2D eigenvalue weighted by Gasteiger charge is -2.16. The van der Waals surface area contributed by atoms with Gasteiger partial charge in [-0.25, -0.2) is 9.59 Å². The van der Waals surface area contributed by atoms with Crippen LogP contribution in [0.5, 0.6) is 0 Å². The average molecular weight is 277 g/mol. The average Bonchev–Trinajstić information content (AvgIpc) is 2.44. The maximum Gasteiger partial charge on any atom is 0.408 e. The van der Waals surface area contributed by atoms with Gasteiger partial charge < -0.3 is 14.8 Å². The van der Waals surface area contributed by atoms with Crippen LogP contribution in [0.2, 0.25) is 0 Å². The van der Waals surface area contributed by atoms with Crippen molar-refractivity contribution >= 4 is 12.1 Å². The van der Waals surface area contributed by atoms with Crippen molar-refractivity contribution in [3.63, 3.8) is 0 Å². The number of carbonyl (C=O) groups excluding carboxylic acids is 2. The molecule has 0 aliphatic heterocycles. The number of alkyl carbamates (subject to hydrolysis) is 1. The molecule has 1 aromatic rings. The van der Waals surface area contributed by atoms with Crippen molar-refractivity contribution in [3.05, 3.63) is 48.0 Å². The van der Waals surface area contributed by atoms with Crippen LogP contribution in [0.1, 0.15) is 18.9 Å². The van der Waals surface area contributed by atoms with Crippen LogP contribution < -0.4 is 5.32 Å². The molecule has 1 aromatic carbocycles. The summed E-state index contributed by atoms with van der Waals surface area (Å²) in [5.41, 5.74) is 1.64. The van der Waals surface area contributed by atoms with Crippen LogP contribution >= 0.6 is 0 Å². The minimum Gasteiger partial charge on any atom is -0.467 e. The van der Waals surface area contributed by atoms with Crippen LogP contribution in [0.25, 0.3) is 0 Å². The molecular formula is C15H19NO4. The summed E-state index contributed by atoms with van der Waals surface area (Å²) in [6.45, 7) is 5.63. The molecule has 0 aliphatic carbocycles. The van der Waals surface area contributed by atoms with Gasteiger partial charge in [-0.3, -0.25) is 0 Å². The minimum atomic E-state index is -0.777. The Morgan fingerprint density at radius 3 is 2.50 bits per heavy atom. The van der Waals surface area contributed by atoms with E-state index in [1.807, 2.05) is 30.3 Å². The van der Waals surface area contributed by atoms with Gasteiger partial charge in [0.05, 0.1) is 7.11 Å². The van der Waals surface area contributed by atoms with Gasteiger partial charge in [0.2, 0.25) is 0 Å². The number of amides is 1. The Kier molecular flexibility index (Phi) is 6.29. The summed E-state index contributed by atoms with van der Waals surface area (Å²) in [5.74, 6) is -0.523. The van der Waals surface area contributed by atoms with Crippen LogP contribution in [0, 0.1) is 0 Å². The van der Waals surface area contributed by atoms with E-state index >= 15 is 0 Å². The highest BCUT2D eigenvalue weighted by Crippen LogP contribution is 2.05. The summed E-state index contributed by atoms with van der Waals surface area (Å²) < 4.78 is 9.67. The third-order valence-electron chi connectivity index (χ3n) is 2.54. The Hall–Kier alpha value is -2.30. The maximum atomic E-state index is 11.7. The molecule has 1 N–H and O–H groups in total. The SMILES string of the molecule is C=C(C)CC(NC(=O)OCc1ccccc1)C(=O)OC. The number of nitrogens with one attached hydrogen (secondary N) is 1. The second-order valence-electron chi connectivity index (χ2n) is 4.44. The molecule has 108 valence electrons. The molecule has 1 rings (SSSR count). The number of carbonyl (C=O) groups is 2. The summed E-state index contributed by atoms with van der Waals surface area (Å²) in [4.78, 5) is 23.2. The second kappa shape index (κ2) is 7.99. The molecule has 0 saturated heterocycles. The van der Waals surface area contributed by atoms with E-state index in [9.17, 15) is 9.59 Å². The van der Waals surface area contributed by atoms with Gasteiger partial charge >= 0.3 is 12.1 Å². The normalized spacial score (nSPS) is 11.3. The molecule has 0 saturated carbocycles. The van der Waals surface area contributed by atoms with E-state index in [0.717, 1.165) is 11.1 Å². The quantitative estimate of drug-likeness (QED) is 0.640. The van der Waals surface area contributed by atoms with Gasteiger partial charge in [-0.1, -0.05) is 35.9 Å². The number of hydrogen-bond acceptors (Lipinski definition) is 4. The fourth-order valence-corrected chi connectivity index (χ4v) is 1.59. The number of methoxy groups -OCH3 is 1. The van der Waals surface area contributed by atoms with E-state index in [2.05, 4.69) is 16.6 Å². The molecule has 1 unspecified atom stereocenters. The van der Waals surface area contributed by atoms with Gasteiger partial charge in [0, 0.05) is 0 Å². The third kappa shape index (κ3) is 5.56. The highest BCUT2D eigenvalue weighted by Gasteiger charge is 2.22. The van der Waals surface area contributed by atoms with Gasteiger partial charge in [-0.05, 0) is 18.9 Å². The van der Waals surface area contributed by atoms with Crippen LogP contribution in [-0.2, 0) is 20.9 Å². The Labute approximate surface area is 118 Å². The molecule has 1 amide bonds. The molecule has 5 heteroatoms. The lowest BCUT2D eigenvalue weighted by Crippen LogP contribution is -2.41. The number of rotatable bonds is 6. The van der Waals surface area contributed by atoms with E-state index < -0.39 is 18.1 Å². The summed E-state index contributed by atoms with van der Waals surface area (Å²) in [6, 6.07) is 8.51. The van der Waals surface area contributed by atoms with Crippen molar-refractivity contribution < 1.29 is 19.1 Å². The van der Waals surface area contributed by atoms with Gasteiger partial charge in [0.1, 0.15) is 12.6 Å². The Bertz CT molecular complexity index is 470. The van der Waals surface area contributed by atoms with E-state index in [1.165, 1.54) is 7.11 Å². The minimum absolute atomic E-state index is 0.146. The van der Waals surface area contributed by atoms with Gasteiger partial charge in [0.25, 0.3) is 0 Å². The Morgan fingerprint density at radius 1 is 1.30 bits per heavy atom. The highest BCUT2D eigenvalue weighted by atomic mass is 16.6. The number of ether oxygens (including phenoxy) is 2. The highest BCUT2D eigenvalue weighted by molar-refractivity contribution is 5.81. The zero-order chi connectivity index (χ0) is 15.0. The fraction of sp³-hybridized carbons (Fsp3) is 0.333. The van der Waals surface area contributed by atoms with Crippen LogP contribution in [0.3, 0.4) is 0 Å². The van der Waals surface area contributed by atoms with Crippen LogP contribution in [0.4, 0.5) is 4.79 Å². The molecule has 0 spiro atoms. The predicted molar refractivity (Wildman–Crippen MR) is 75.0 cm³/mol. The predicted octanol–water partition coefficient (Wildman–Crippen LogP) is 2.42. The zero-order valence-electron chi connectivity index (χ0n) is 11.7. The standard InChI is InChI=1S/C15H19NO4/c1-11(2)9-13(14(17)19-3)16-15(18)20-10-12-7-5-4-6-8-12/h4-8,13H,1,9-10H2,2-3H3,(H,16,18). The van der Waals surface area contributed by atoms with E-state index in [-0.39, 0.29) is 6.61 Å². The van der Waals surface area contributed by atoms with Gasteiger partial charge in [-0.2, -0.15) is 0 Å².